The van der Waals surface area contributed by atoms with Gasteiger partial charge in [0.1, 0.15) is 5.82 Å². The van der Waals surface area contributed by atoms with Gasteiger partial charge in [-0.25, -0.2) is 4.98 Å². The smallest absolute Gasteiger partial charge is 0.145 e. The fourth-order valence-corrected chi connectivity index (χ4v) is 2.12. The van der Waals surface area contributed by atoms with Gasteiger partial charge in [0.15, 0.2) is 0 Å². The van der Waals surface area contributed by atoms with Crippen LogP contribution in [0.5, 0.6) is 0 Å². The number of rotatable bonds is 2. The molecule has 4 heteroatoms. The normalized spacial score (nSPS) is 10.4. The highest BCUT2D eigenvalue weighted by Crippen LogP contribution is 2.31. The lowest BCUT2D eigenvalue weighted by Gasteiger charge is -2.13. The van der Waals surface area contributed by atoms with Gasteiger partial charge in [-0.05, 0) is 59.5 Å². The van der Waals surface area contributed by atoms with Crippen LogP contribution in [-0.4, -0.2) is 4.98 Å². The Morgan fingerprint density at radius 1 is 1.17 bits per heavy atom. The van der Waals surface area contributed by atoms with E-state index in [0.29, 0.717) is 5.69 Å². The van der Waals surface area contributed by atoms with E-state index in [0.717, 1.165) is 21.5 Å². The zero-order chi connectivity index (χ0) is 13.3. The second-order valence-corrected chi connectivity index (χ2v) is 5.17. The number of nitrogens with one attached hydrogen (secondary N) is 1. The van der Waals surface area contributed by atoms with Crippen molar-refractivity contribution >= 4 is 33.1 Å². The molecule has 0 saturated carbocycles. The highest BCUT2D eigenvalue weighted by Gasteiger charge is 2.09. The predicted octanol–water partition coefficient (Wildman–Crippen LogP) is 4.10. The predicted molar refractivity (Wildman–Crippen MR) is 80.3 cm³/mol. The van der Waals surface area contributed by atoms with Gasteiger partial charge in [0, 0.05) is 5.69 Å². The first-order valence-electron chi connectivity index (χ1n) is 5.74. The van der Waals surface area contributed by atoms with Gasteiger partial charge in [0.2, 0.25) is 0 Å². The minimum absolute atomic E-state index is 0.688. The first-order chi connectivity index (χ1) is 8.50. The molecule has 0 unspecified atom stereocenters. The van der Waals surface area contributed by atoms with Gasteiger partial charge < -0.3 is 11.1 Å². The third-order valence-corrected chi connectivity index (χ3v) is 4.13. The summed E-state index contributed by atoms with van der Waals surface area (Å²) in [5, 5.41) is 3.34. The van der Waals surface area contributed by atoms with Crippen LogP contribution in [0.15, 0.2) is 28.9 Å². The summed E-state index contributed by atoms with van der Waals surface area (Å²) in [5.74, 6) is 0.787. The third-order valence-electron chi connectivity index (χ3n) is 3.16. The van der Waals surface area contributed by atoms with Crippen molar-refractivity contribution in [2.45, 2.75) is 20.8 Å². The molecule has 0 saturated heterocycles. The molecule has 0 aliphatic carbocycles. The van der Waals surface area contributed by atoms with E-state index in [1.54, 1.807) is 6.20 Å². The number of halogens is 1. The molecule has 2 aromatic rings. The minimum atomic E-state index is 0.688. The van der Waals surface area contributed by atoms with Gasteiger partial charge in [-0.15, -0.1) is 0 Å². The first-order valence-corrected chi connectivity index (χ1v) is 6.54. The number of nitrogen functional groups attached to an aromatic ring is 1. The SMILES string of the molecule is Cc1cccc(Nc2ncc(N)c(C)c2Br)c1C. The standard InChI is InChI=1S/C14H16BrN3/c1-8-5-4-6-12(9(8)2)18-14-13(15)10(3)11(16)7-17-14/h4-7H,16H2,1-3H3,(H,17,18). The van der Waals surface area contributed by atoms with Crippen molar-refractivity contribution in [3.8, 4) is 0 Å². The lowest BCUT2D eigenvalue weighted by Crippen LogP contribution is -2.01. The van der Waals surface area contributed by atoms with Crippen LogP contribution in [0.1, 0.15) is 16.7 Å². The molecule has 0 spiro atoms. The Balaban J connectivity index is 2.41. The summed E-state index contributed by atoms with van der Waals surface area (Å²) in [6, 6.07) is 6.17. The van der Waals surface area contributed by atoms with Crippen LogP contribution >= 0.6 is 15.9 Å². The summed E-state index contributed by atoms with van der Waals surface area (Å²) in [5.41, 5.74) is 11.0. The quantitative estimate of drug-likeness (QED) is 0.878. The van der Waals surface area contributed by atoms with Crippen LogP contribution in [-0.2, 0) is 0 Å². The van der Waals surface area contributed by atoms with Crippen molar-refractivity contribution in [1.29, 1.82) is 0 Å². The first kappa shape index (κ1) is 12.9. The lowest BCUT2D eigenvalue weighted by atomic mass is 10.1. The van der Waals surface area contributed by atoms with Crippen molar-refractivity contribution in [3.63, 3.8) is 0 Å². The fourth-order valence-electron chi connectivity index (χ4n) is 1.69. The van der Waals surface area contributed by atoms with E-state index in [1.807, 2.05) is 19.1 Å². The molecule has 0 atom stereocenters. The topological polar surface area (TPSA) is 50.9 Å². The number of hydrogen-bond acceptors (Lipinski definition) is 3. The fraction of sp³-hybridized carbons (Fsp3) is 0.214. The Morgan fingerprint density at radius 3 is 2.61 bits per heavy atom. The van der Waals surface area contributed by atoms with Crippen LogP contribution in [0.4, 0.5) is 17.2 Å². The Kier molecular flexibility index (Phi) is 3.57. The van der Waals surface area contributed by atoms with E-state index in [-0.39, 0.29) is 0 Å². The van der Waals surface area contributed by atoms with Crippen molar-refractivity contribution < 1.29 is 0 Å². The molecule has 2 rings (SSSR count). The van der Waals surface area contributed by atoms with Crippen LogP contribution < -0.4 is 11.1 Å². The van der Waals surface area contributed by atoms with Crippen molar-refractivity contribution in [2.75, 3.05) is 11.1 Å². The van der Waals surface area contributed by atoms with Gasteiger partial charge in [-0.1, -0.05) is 12.1 Å². The van der Waals surface area contributed by atoms with Crippen LogP contribution in [0, 0.1) is 20.8 Å². The van der Waals surface area contributed by atoms with Crippen LogP contribution in [0.25, 0.3) is 0 Å². The highest BCUT2D eigenvalue weighted by molar-refractivity contribution is 9.10. The van der Waals surface area contributed by atoms with Crippen LogP contribution in [0.2, 0.25) is 0 Å². The molecular formula is C14H16BrN3. The van der Waals surface area contributed by atoms with Gasteiger partial charge in [0.05, 0.1) is 16.4 Å². The third kappa shape index (κ3) is 2.34. The lowest BCUT2D eigenvalue weighted by molar-refractivity contribution is 1.24. The molecule has 3 N–H and O–H groups in total. The number of aryl methyl sites for hydroxylation is 1. The van der Waals surface area contributed by atoms with Gasteiger partial charge in [0.25, 0.3) is 0 Å². The Labute approximate surface area is 116 Å². The Bertz CT molecular complexity index is 594. The van der Waals surface area contributed by atoms with E-state index in [4.69, 9.17) is 5.73 Å². The number of benzene rings is 1. The zero-order valence-electron chi connectivity index (χ0n) is 10.7. The van der Waals surface area contributed by atoms with Gasteiger partial charge in [-0.3, -0.25) is 0 Å². The number of nitrogens with two attached hydrogens (primary N) is 1. The maximum atomic E-state index is 5.82. The molecule has 3 nitrogen and oxygen atoms in total. The average molecular weight is 306 g/mol. The van der Waals surface area contributed by atoms with E-state index in [2.05, 4.69) is 46.1 Å². The molecule has 0 bridgehead atoms. The molecule has 0 radical (unpaired) electrons. The molecule has 18 heavy (non-hydrogen) atoms. The molecule has 0 aliphatic heterocycles. The maximum Gasteiger partial charge on any atom is 0.145 e. The van der Waals surface area contributed by atoms with Crippen molar-refractivity contribution in [1.82, 2.24) is 4.98 Å². The second kappa shape index (κ2) is 4.98. The minimum Gasteiger partial charge on any atom is -0.397 e. The van der Waals surface area contributed by atoms with E-state index < -0.39 is 0 Å². The number of nitrogens with zero attached hydrogens (tertiary/aromatic N) is 1. The van der Waals surface area contributed by atoms with Gasteiger partial charge >= 0.3 is 0 Å². The molecule has 0 aliphatic rings. The molecule has 1 aromatic carbocycles. The summed E-state index contributed by atoms with van der Waals surface area (Å²) >= 11 is 3.53. The largest absolute Gasteiger partial charge is 0.397 e. The van der Waals surface area contributed by atoms with Crippen molar-refractivity contribution in [2.24, 2.45) is 0 Å². The number of hydrogen-bond donors (Lipinski definition) is 2. The molecule has 94 valence electrons. The number of aromatic nitrogens is 1. The van der Waals surface area contributed by atoms with Gasteiger partial charge in [-0.2, -0.15) is 0 Å². The molecule has 0 amide bonds. The van der Waals surface area contributed by atoms with Crippen LogP contribution in [0.3, 0.4) is 0 Å². The summed E-state index contributed by atoms with van der Waals surface area (Å²) in [4.78, 5) is 4.32. The Morgan fingerprint density at radius 2 is 1.89 bits per heavy atom. The molecular weight excluding hydrogens is 290 g/mol. The number of pyridine rings is 1. The van der Waals surface area contributed by atoms with E-state index in [9.17, 15) is 0 Å². The van der Waals surface area contributed by atoms with E-state index in [1.165, 1.54) is 11.1 Å². The summed E-state index contributed by atoms with van der Waals surface area (Å²) in [6.07, 6.45) is 1.67. The molecule has 1 heterocycles. The summed E-state index contributed by atoms with van der Waals surface area (Å²) in [6.45, 7) is 6.16. The Hall–Kier alpha value is -1.55. The second-order valence-electron chi connectivity index (χ2n) is 4.37. The summed E-state index contributed by atoms with van der Waals surface area (Å²) in [7, 11) is 0. The van der Waals surface area contributed by atoms with Crippen molar-refractivity contribution in [3.05, 3.63) is 45.6 Å². The molecule has 1 aromatic heterocycles. The van der Waals surface area contributed by atoms with E-state index >= 15 is 0 Å². The molecule has 0 fully saturated rings. The average Bonchev–Trinajstić information content (AvgIpc) is 2.35. The maximum absolute atomic E-state index is 5.82. The zero-order valence-corrected chi connectivity index (χ0v) is 12.3. The number of anilines is 3. The summed E-state index contributed by atoms with van der Waals surface area (Å²) < 4.78 is 0.906. The monoisotopic (exact) mass is 305 g/mol. The highest BCUT2D eigenvalue weighted by atomic mass is 79.9.